The van der Waals surface area contributed by atoms with Crippen molar-refractivity contribution in [2.24, 2.45) is 5.92 Å². The SMILES string of the molecule is O=C(CCCC1CCCCC1)N1CCCCCC1. The van der Waals surface area contributed by atoms with Crippen molar-refractivity contribution in [2.45, 2.75) is 77.0 Å². The summed E-state index contributed by atoms with van der Waals surface area (Å²) < 4.78 is 0. The summed E-state index contributed by atoms with van der Waals surface area (Å²) in [5, 5.41) is 0. The minimum Gasteiger partial charge on any atom is -0.343 e. The molecule has 0 aromatic rings. The van der Waals surface area contributed by atoms with Gasteiger partial charge in [-0.2, -0.15) is 0 Å². The van der Waals surface area contributed by atoms with E-state index in [-0.39, 0.29) is 0 Å². The molecule has 2 fully saturated rings. The molecule has 1 heterocycles. The Morgan fingerprint density at radius 2 is 1.50 bits per heavy atom. The van der Waals surface area contributed by atoms with Gasteiger partial charge in [-0.15, -0.1) is 0 Å². The average molecular weight is 251 g/mol. The molecule has 0 atom stereocenters. The topological polar surface area (TPSA) is 20.3 Å². The van der Waals surface area contributed by atoms with Crippen LogP contribution in [0.3, 0.4) is 0 Å². The van der Waals surface area contributed by atoms with Gasteiger partial charge in [0.1, 0.15) is 0 Å². The van der Waals surface area contributed by atoms with E-state index in [4.69, 9.17) is 0 Å². The van der Waals surface area contributed by atoms with E-state index in [1.807, 2.05) is 0 Å². The predicted molar refractivity (Wildman–Crippen MR) is 75.5 cm³/mol. The summed E-state index contributed by atoms with van der Waals surface area (Å²) >= 11 is 0. The number of hydrogen-bond donors (Lipinski definition) is 0. The Hall–Kier alpha value is -0.530. The highest BCUT2D eigenvalue weighted by molar-refractivity contribution is 5.76. The van der Waals surface area contributed by atoms with Gasteiger partial charge < -0.3 is 4.90 Å². The highest BCUT2D eigenvalue weighted by Gasteiger charge is 2.17. The first kappa shape index (κ1) is 13.9. The van der Waals surface area contributed by atoms with Gasteiger partial charge in [0.25, 0.3) is 0 Å². The summed E-state index contributed by atoms with van der Waals surface area (Å²) in [5.41, 5.74) is 0. The molecule has 0 aromatic carbocycles. The minimum atomic E-state index is 0.424. The first-order valence-electron chi connectivity index (χ1n) is 8.14. The number of carbonyl (C=O) groups is 1. The molecule has 2 heteroatoms. The molecule has 0 N–H and O–H groups in total. The third kappa shape index (κ3) is 4.62. The van der Waals surface area contributed by atoms with E-state index in [1.165, 1.54) is 64.2 Å². The zero-order valence-electron chi connectivity index (χ0n) is 11.8. The molecular formula is C16H29NO. The van der Waals surface area contributed by atoms with Crippen LogP contribution in [0.4, 0.5) is 0 Å². The van der Waals surface area contributed by atoms with Crippen molar-refractivity contribution < 1.29 is 4.79 Å². The van der Waals surface area contributed by atoms with E-state index < -0.39 is 0 Å². The Bertz CT molecular complexity index is 237. The Labute approximate surface area is 112 Å². The van der Waals surface area contributed by atoms with E-state index in [9.17, 15) is 4.79 Å². The van der Waals surface area contributed by atoms with E-state index in [1.54, 1.807) is 0 Å². The van der Waals surface area contributed by atoms with Crippen molar-refractivity contribution >= 4 is 5.91 Å². The molecule has 0 aromatic heterocycles. The molecule has 1 amide bonds. The lowest BCUT2D eigenvalue weighted by Crippen LogP contribution is -2.31. The summed E-state index contributed by atoms with van der Waals surface area (Å²) in [6.07, 6.45) is 15.4. The van der Waals surface area contributed by atoms with E-state index >= 15 is 0 Å². The van der Waals surface area contributed by atoms with Crippen LogP contribution in [0.2, 0.25) is 0 Å². The van der Waals surface area contributed by atoms with Crippen LogP contribution in [0.15, 0.2) is 0 Å². The molecule has 1 saturated carbocycles. The Morgan fingerprint density at radius 3 is 2.17 bits per heavy atom. The number of amides is 1. The van der Waals surface area contributed by atoms with Gasteiger partial charge in [0, 0.05) is 19.5 Å². The van der Waals surface area contributed by atoms with Crippen molar-refractivity contribution in [3.8, 4) is 0 Å². The molecule has 0 unspecified atom stereocenters. The normalized spacial score (nSPS) is 22.8. The Morgan fingerprint density at radius 1 is 0.889 bits per heavy atom. The molecule has 0 radical (unpaired) electrons. The smallest absolute Gasteiger partial charge is 0.222 e. The average Bonchev–Trinajstić information content (AvgIpc) is 2.69. The number of carbonyl (C=O) groups excluding carboxylic acids is 1. The van der Waals surface area contributed by atoms with Gasteiger partial charge in [0.15, 0.2) is 0 Å². The molecule has 1 saturated heterocycles. The molecule has 1 aliphatic carbocycles. The van der Waals surface area contributed by atoms with Crippen molar-refractivity contribution in [3.63, 3.8) is 0 Å². The molecular weight excluding hydrogens is 222 g/mol. The molecule has 18 heavy (non-hydrogen) atoms. The zero-order chi connectivity index (χ0) is 12.6. The predicted octanol–water partition coefficient (Wildman–Crippen LogP) is 4.14. The monoisotopic (exact) mass is 251 g/mol. The van der Waals surface area contributed by atoms with Crippen LogP contribution in [0, 0.1) is 5.92 Å². The first-order chi connectivity index (χ1) is 8.86. The standard InChI is InChI=1S/C16H29NO/c18-16(17-13-6-1-2-7-14-17)12-8-11-15-9-4-3-5-10-15/h15H,1-14H2. The first-order valence-corrected chi connectivity index (χ1v) is 8.14. The minimum absolute atomic E-state index is 0.424. The van der Waals surface area contributed by atoms with Crippen molar-refractivity contribution in [3.05, 3.63) is 0 Å². The third-order valence-corrected chi connectivity index (χ3v) is 4.69. The highest BCUT2D eigenvalue weighted by atomic mass is 16.2. The van der Waals surface area contributed by atoms with Crippen LogP contribution in [0.25, 0.3) is 0 Å². The fourth-order valence-electron chi connectivity index (χ4n) is 3.50. The molecule has 104 valence electrons. The van der Waals surface area contributed by atoms with E-state index in [2.05, 4.69) is 4.90 Å². The second-order valence-corrected chi connectivity index (χ2v) is 6.19. The molecule has 0 spiro atoms. The van der Waals surface area contributed by atoms with Gasteiger partial charge in [-0.05, 0) is 31.6 Å². The molecule has 2 nitrogen and oxygen atoms in total. The summed E-state index contributed by atoms with van der Waals surface area (Å²) in [6.45, 7) is 2.03. The number of nitrogens with zero attached hydrogens (tertiary/aromatic N) is 1. The van der Waals surface area contributed by atoms with E-state index in [0.29, 0.717) is 5.91 Å². The van der Waals surface area contributed by atoms with E-state index in [0.717, 1.165) is 31.8 Å². The third-order valence-electron chi connectivity index (χ3n) is 4.69. The zero-order valence-corrected chi connectivity index (χ0v) is 11.8. The molecule has 1 aliphatic heterocycles. The maximum absolute atomic E-state index is 12.1. The number of rotatable bonds is 4. The van der Waals surface area contributed by atoms with Crippen LogP contribution in [-0.2, 0) is 4.79 Å². The largest absolute Gasteiger partial charge is 0.343 e. The van der Waals surface area contributed by atoms with Crippen molar-refractivity contribution in [1.82, 2.24) is 4.90 Å². The van der Waals surface area contributed by atoms with Crippen molar-refractivity contribution in [1.29, 1.82) is 0 Å². The van der Waals surface area contributed by atoms with Gasteiger partial charge >= 0.3 is 0 Å². The van der Waals surface area contributed by atoms with Crippen molar-refractivity contribution in [2.75, 3.05) is 13.1 Å². The second-order valence-electron chi connectivity index (χ2n) is 6.19. The van der Waals surface area contributed by atoms with Gasteiger partial charge in [0.2, 0.25) is 5.91 Å². The van der Waals surface area contributed by atoms with Crippen LogP contribution < -0.4 is 0 Å². The van der Waals surface area contributed by atoms with Gasteiger partial charge in [0.05, 0.1) is 0 Å². The lowest BCUT2D eigenvalue weighted by atomic mass is 9.86. The number of likely N-dealkylation sites (tertiary alicyclic amines) is 1. The molecule has 2 rings (SSSR count). The maximum atomic E-state index is 12.1. The summed E-state index contributed by atoms with van der Waals surface area (Å²) in [5.74, 6) is 1.35. The summed E-state index contributed by atoms with van der Waals surface area (Å²) in [6, 6.07) is 0. The fourth-order valence-corrected chi connectivity index (χ4v) is 3.50. The second kappa shape index (κ2) is 7.81. The maximum Gasteiger partial charge on any atom is 0.222 e. The van der Waals surface area contributed by atoms with Crippen LogP contribution in [-0.4, -0.2) is 23.9 Å². The van der Waals surface area contributed by atoms with Crippen LogP contribution in [0.5, 0.6) is 0 Å². The Balaban J connectivity index is 1.61. The number of hydrogen-bond acceptors (Lipinski definition) is 1. The quantitative estimate of drug-likeness (QED) is 0.735. The van der Waals surface area contributed by atoms with Gasteiger partial charge in [-0.3, -0.25) is 4.79 Å². The van der Waals surface area contributed by atoms with Crippen LogP contribution in [0.1, 0.15) is 77.0 Å². The fraction of sp³-hybridized carbons (Fsp3) is 0.938. The highest BCUT2D eigenvalue weighted by Crippen LogP contribution is 2.27. The lowest BCUT2D eigenvalue weighted by Gasteiger charge is -2.23. The molecule has 2 aliphatic rings. The van der Waals surface area contributed by atoms with Gasteiger partial charge in [-0.1, -0.05) is 44.9 Å². The summed E-state index contributed by atoms with van der Waals surface area (Å²) in [7, 11) is 0. The molecule has 0 bridgehead atoms. The summed E-state index contributed by atoms with van der Waals surface area (Å²) in [4.78, 5) is 14.2. The lowest BCUT2D eigenvalue weighted by molar-refractivity contribution is -0.131. The van der Waals surface area contributed by atoms with Gasteiger partial charge in [-0.25, -0.2) is 0 Å². The Kier molecular flexibility index (Phi) is 6.02. The van der Waals surface area contributed by atoms with Crippen LogP contribution >= 0.6 is 0 Å².